The maximum Gasteiger partial charge on any atom is 0.248 e. The van der Waals surface area contributed by atoms with Gasteiger partial charge in [0.25, 0.3) is 0 Å². The first-order valence-electron chi connectivity index (χ1n) is 10.4. The lowest BCUT2D eigenvalue weighted by Gasteiger charge is -2.15. The predicted molar refractivity (Wildman–Crippen MR) is 116 cm³/mol. The Balaban J connectivity index is 1.40. The van der Waals surface area contributed by atoms with E-state index in [0.717, 1.165) is 50.2 Å². The second-order valence-electron chi connectivity index (χ2n) is 7.67. The van der Waals surface area contributed by atoms with Gasteiger partial charge < -0.3 is 15.1 Å². The van der Waals surface area contributed by atoms with E-state index >= 15 is 0 Å². The highest BCUT2D eigenvalue weighted by molar-refractivity contribution is 5.71. The lowest BCUT2D eigenvalue weighted by Crippen LogP contribution is -2.20. The highest BCUT2D eigenvalue weighted by Gasteiger charge is 2.17. The molecule has 2 aromatic carbocycles. The van der Waals surface area contributed by atoms with Crippen LogP contribution in [0.1, 0.15) is 24.0 Å². The lowest BCUT2D eigenvalue weighted by molar-refractivity contribution is 0.579. The zero-order chi connectivity index (χ0) is 21.2. The van der Waals surface area contributed by atoms with Crippen molar-refractivity contribution in [3.05, 3.63) is 71.3 Å². The molecule has 1 aromatic heterocycles. The van der Waals surface area contributed by atoms with Gasteiger partial charge in [0.2, 0.25) is 11.8 Å². The molecular weight excluding hydrogens is 398 g/mol. The summed E-state index contributed by atoms with van der Waals surface area (Å²) in [6.45, 7) is 3.16. The van der Waals surface area contributed by atoms with Crippen LogP contribution in [0.4, 0.5) is 8.78 Å². The zero-order valence-electron chi connectivity index (χ0n) is 16.9. The van der Waals surface area contributed by atoms with E-state index in [1.807, 2.05) is 12.2 Å². The third-order valence-corrected chi connectivity index (χ3v) is 5.68. The molecule has 0 saturated heterocycles. The average molecular weight is 420 g/mol. The Morgan fingerprint density at radius 1 is 0.710 bits per heavy atom. The second kappa shape index (κ2) is 8.53. The Labute approximate surface area is 178 Å². The number of hydrogen-bond acceptors (Lipinski definition) is 5. The SMILES string of the molecule is Fc1cc(-c2nnc(-c3ccc(C4=CCNCC4)c(F)c3)o2)ccc1C1=CCNCC1. The molecule has 7 heteroatoms. The smallest absolute Gasteiger partial charge is 0.248 e. The molecule has 3 aromatic rings. The summed E-state index contributed by atoms with van der Waals surface area (Å²) in [6, 6.07) is 9.84. The quantitative estimate of drug-likeness (QED) is 0.654. The van der Waals surface area contributed by atoms with E-state index in [9.17, 15) is 8.78 Å². The normalized spacial score (nSPS) is 16.7. The summed E-state index contributed by atoms with van der Waals surface area (Å²) in [7, 11) is 0. The van der Waals surface area contributed by atoms with Crippen LogP contribution in [0, 0.1) is 11.6 Å². The van der Waals surface area contributed by atoms with Crippen molar-refractivity contribution in [2.24, 2.45) is 0 Å². The molecule has 0 spiro atoms. The maximum absolute atomic E-state index is 14.7. The summed E-state index contributed by atoms with van der Waals surface area (Å²) in [5.74, 6) is -0.248. The number of halogens is 2. The monoisotopic (exact) mass is 420 g/mol. The lowest BCUT2D eigenvalue weighted by atomic mass is 9.98. The van der Waals surface area contributed by atoms with Crippen molar-refractivity contribution in [1.82, 2.24) is 20.8 Å². The number of rotatable bonds is 4. The van der Waals surface area contributed by atoms with E-state index in [1.54, 1.807) is 24.3 Å². The van der Waals surface area contributed by atoms with Gasteiger partial charge in [0.15, 0.2) is 0 Å². The van der Waals surface area contributed by atoms with Gasteiger partial charge in [0.1, 0.15) is 11.6 Å². The fourth-order valence-electron chi connectivity index (χ4n) is 4.01. The fourth-order valence-corrected chi connectivity index (χ4v) is 4.01. The van der Waals surface area contributed by atoms with E-state index in [4.69, 9.17) is 4.42 Å². The van der Waals surface area contributed by atoms with E-state index < -0.39 is 0 Å². The number of aromatic nitrogens is 2. The van der Waals surface area contributed by atoms with Crippen molar-refractivity contribution in [1.29, 1.82) is 0 Å². The van der Waals surface area contributed by atoms with Gasteiger partial charge in [-0.05, 0) is 61.3 Å². The Morgan fingerprint density at radius 3 is 1.58 bits per heavy atom. The van der Waals surface area contributed by atoms with Crippen LogP contribution in [0.2, 0.25) is 0 Å². The zero-order valence-corrected chi connectivity index (χ0v) is 16.9. The summed E-state index contributed by atoms with van der Waals surface area (Å²) in [5, 5.41) is 14.5. The molecule has 5 rings (SSSR count). The van der Waals surface area contributed by atoms with Gasteiger partial charge in [-0.2, -0.15) is 0 Å². The summed E-state index contributed by atoms with van der Waals surface area (Å²) in [5.41, 5.74) is 4.16. The molecule has 0 unspecified atom stereocenters. The van der Waals surface area contributed by atoms with E-state index in [0.29, 0.717) is 22.3 Å². The number of hydrogen-bond donors (Lipinski definition) is 2. The molecule has 2 aliphatic rings. The molecule has 2 N–H and O–H groups in total. The van der Waals surface area contributed by atoms with Gasteiger partial charge in [-0.3, -0.25) is 0 Å². The first kappa shape index (κ1) is 19.8. The largest absolute Gasteiger partial charge is 0.416 e. The Kier molecular flexibility index (Phi) is 5.44. The number of nitrogens with zero attached hydrogens (tertiary/aromatic N) is 2. The number of benzene rings is 2. The minimum atomic E-state index is -0.323. The van der Waals surface area contributed by atoms with Crippen LogP contribution in [0.15, 0.2) is 53.0 Å². The molecule has 0 fully saturated rings. The van der Waals surface area contributed by atoms with Crippen LogP contribution in [-0.2, 0) is 0 Å². The van der Waals surface area contributed by atoms with E-state index in [2.05, 4.69) is 20.8 Å². The summed E-state index contributed by atoms with van der Waals surface area (Å²) >= 11 is 0. The minimum Gasteiger partial charge on any atom is -0.416 e. The van der Waals surface area contributed by atoms with Crippen LogP contribution in [0.3, 0.4) is 0 Å². The predicted octanol–water partition coefficient (Wildman–Crippen LogP) is 4.44. The van der Waals surface area contributed by atoms with Crippen molar-refractivity contribution in [2.45, 2.75) is 12.8 Å². The van der Waals surface area contributed by atoms with Gasteiger partial charge in [0, 0.05) is 35.3 Å². The molecule has 3 heterocycles. The van der Waals surface area contributed by atoms with Crippen molar-refractivity contribution >= 4 is 11.1 Å². The molecule has 0 aliphatic carbocycles. The average Bonchev–Trinajstić information content (AvgIpc) is 3.30. The number of nitrogens with one attached hydrogen (secondary N) is 2. The highest BCUT2D eigenvalue weighted by atomic mass is 19.1. The van der Waals surface area contributed by atoms with Gasteiger partial charge >= 0.3 is 0 Å². The summed E-state index contributed by atoms with van der Waals surface area (Å²) in [4.78, 5) is 0. The Hall–Kier alpha value is -3.16. The topological polar surface area (TPSA) is 63.0 Å². The molecule has 0 radical (unpaired) electrons. The van der Waals surface area contributed by atoms with E-state index in [-0.39, 0.29) is 23.4 Å². The van der Waals surface area contributed by atoms with Gasteiger partial charge in [0.05, 0.1) is 0 Å². The standard InChI is InChI=1S/C24H22F2N4O/c25-21-13-17(1-3-19(21)15-5-9-27-10-6-15)23-29-30-24(31-23)18-2-4-20(22(26)14-18)16-7-11-28-12-8-16/h1-5,7,13-14,27-28H,6,8-12H2. The molecule has 2 aliphatic heterocycles. The molecule has 31 heavy (non-hydrogen) atoms. The first-order chi connectivity index (χ1) is 15.2. The maximum atomic E-state index is 14.7. The third kappa shape index (κ3) is 4.06. The molecule has 0 saturated carbocycles. The molecule has 158 valence electrons. The van der Waals surface area contributed by atoms with Gasteiger partial charge in [-0.1, -0.05) is 24.3 Å². The summed E-state index contributed by atoms with van der Waals surface area (Å²) < 4.78 is 35.2. The summed E-state index contributed by atoms with van der Waals surface area (Å²) in [6.07, 6.45) is 5.58. The first-order valence-corrected chi connectivity index (χ1v) is 10.4. The molecule has 0 bridgehead atoms. The highest BCUT2D eigenvalue weighted by Crippen LogP contribution is 2.30. The van der Waals surface area contributed by atoms with Crippen LogP contribution < -0.4 is 10.6 Å². The molecular formula is C24H22F2N4O. The van der Waals surface area contributed by atoms with Crippen molar-refractivity contribution in [2.75, 3.05) is 26.2 Å². The van der Waals surface area contributed by atoms with Crippen LogP contribution in [-0.4, -0.2) is 36.4 Å². The molecule has 5 nitrogen and oxygen atoms in total. The van der Waals surface area contributed by atoms with Crippen molar-refractivity contribution in [3.63, 3.8) is 0 Å². The van der Waals surface area contributed by atoms with Crippen LogP contribution >= 0.6 is 0 Å². The Morgan fingerprint density at radius 2 is 1.19 bits per heavy atom. The van der Waals surface area contributed by atoms with Gasteiger partial charge in [-0.15, -0.1) is 10.2 Å². The molecule has 0 atom stereocenters. The van der Waals surface area contributed by atoms with Gasteiger partial charge in [-0.25, -0.2) is 8.78 Å². The minimum absolute atomic E-state index is 0.199. The van der Waals surface area contributed by atoms with E-state index in [1.165, 1.54) is 12.1 Å². The second-order valence-corrected chi connectivity index (χ2v) is 7.67. The van der Waals surface area contributed by atoms with Crippen molar-refractivity contribution < 1.29 is 13.2 Å². The fraction of sp³-hybridized carbons (Fsp3) is 0.250. The van der Waals surface area contributed by atoms with Crippen LogP contribution in [0.5, 0.6) is 0 Å². The third-order valence-electron chi connectivity index (χ3n) is 5.68. The Bertz CT molecular complexity index is 1090. The van der Waals surface area contributed by atoms with Crippen LogP contribution in [0.25, 0.3) is 34.1 Å². The molecule has 0 amide bonds. The van der Waals surface area contributed by atoms with Crippen molar-refractivity contribution in [3.8, 4) is 22.9 Å².